The lowest BCUT2D eigenvalue weighted by Gasteiger charge is -2.25. The van der Waals surface area contributed by atoms with Crippen LogP contribution in [0.1, 0.15) is 48.8 Å². The highest BCUT2D eigenvalue weighted by Gasteiger charge is 2.30. The number of fused-ring (bicyclic) bond motifs is 2. The van der Waals surface area contributed by atoms with Crippen molar-refractivity contribution in [2.75, 3.05) is 19.7 Å². The maximum absolute atomic E-state index is 14.3. The molecule has 3 rings (SSSR count). The van der Waals surface area contributed by atoms with Crippen LogP contribution in [-0.4, -0.2) is 48.8 Å². The molecule has 0 saturated heterocycles. The van der Waals surface area contributed by atoms with Crippen molar-refractivity contribution >= 4 is 11.8 Å². The van der Waals surface area contributed by atoms with Gasteiger partial charge >= 0.3 is 6.18 Å². The highest BCUT2D eigenvalue weighted by molar-refractivity contribution is 5.79. The topological polar surface area (TPSA) is 99.7 Å². The van der Waals surface area contributed by atoms with Crippen LogP contribution in [0.3, 0.4) is 0 Å². The number of hydrogen-bond acceptors (Lipinski definition) is 5. The van der Waals surface area contributed by atoms with Gasteiger partial charge in [-0.3, -0.25) is 9.59 Å². The molecule has 2 unspecified atom stereocenters. The normalized spacial score (nSPS) is 19.0. The molecule has 11 heteroatoms. The van der Waals surface area contributed by atoms with Crippen LogP contribution >= 0.6 is 0 Å². The number of rotatable bonds is 5. The molecule has 2 amide bonds. The summed E-state index contributed by atoms with van der Waals surface area (Å²) in [5.41, 5.74) is 0.120. The number of amides is 2. The van der Waals surface area contributed by atoms with E-state index in [0.29, 0.717) is 49.3 Å². The first-order chi connectivity index (χ1) is 18.1. The second-order valence-electron chi connectivity index (χ2n) is 9.33. The zero-order chi connectivity index (χ0) is 27.5. The highest BCUT2D eigenvalue weighted by atomic mass is 19.4. The minimum atomic E-state index is -4.46. The van der Waals surface area contributed by atoms with Crippen molar-refractivity contribution < 1.29 is 37.0 Å². The van der Waals surface area contributed by atoms with Crippen LogP contribution in [0.25, 0.3) is 0 Å². The van der Waals surface area contributed by atoms with Crippen molar-refractivity contribution in [3.05, 3.63) is 65.0 Å². The van der Waals surface area contributed by atoms with Crippen molar-refractivity contribution in [3.8, 4) is 5.75 Å². The summed E-state index contributed by atoms with van der Waals surface area (Å²) in [6.07, 6.45) is -3.59. The molecule has 0 saturated carbocycles. The average Bonchev–Trinajstić information content (AvgIpc) is 2.84. The Labute approximate surface area is 218 Å². The molecule has 38 heavy (non-hydrogen) atoms. The van der Waals surface area contributed by atoms with E-state index in [-0.39, 0.29) is 44.2 Å². The van der Waals surface area contributed by atoms with E-state index in [4.69, 9.17) is 4.74 Å². The number of carbonyl (C=O) groups excluding carboxylic acids is 2. The predicted octanol–water partition coefficient (Wildman–Crippen LogP) is 3.48. The Hall–Kier alpha value is -3.18. The van der Waals surface area contributed by atoms with Gasteiger partial charge in [-0.1, -0.05) is 18.2 Å². The summed E-state index contributed by atoms with van der Waals surface area (Å²) < 4.78 is 58.9. The minimum absolute atomic E-state index is 0.0394. The van der Waals surface area contributed by atoms with Crippen LogP contribution in [0.5, 0.6) is 5.75 Å². The summed E-state index contributed by atoms with van der Waals surface area (Å²) in [5, 5.41) is 19.3. The molecule has 2 bridgehead atoms. The monoisotopic (exact) mass is 539 g/mol. The molecule has 0 aliphatic carbocycles. The molecular formula is C27H33F4N3O4. The Morgan fingerprint density at radius 2 is 1.84 bits per heavy atom. The zero-order valence-corrected chi connectivity index (χ0v) is 21.0. The van der Waals surface area contributed by atoms with Crippen LogP contribution in [0.15, 0.2) is 42.5 Å². The fourth-order valence-electron chi connectivity index (χ4n) is 4.15. The molecule has 1 heterocycles. The van der Waals surface area contributed by atoms with Crippen molar-refractivity contribution in [2.45, 2.75) is 63.4 Å². The van der Waals surface area contributed by atoms with Gasteiger partial charge in [-0.15, -0.1) is 0 Å². The number of nitrogens with one attached hydrogen (secondary N) is 3. The van der Waals surface area contributed by atoms with Gasteiger partial charge in [-0.2, -0.15) is 13.2 Å². The van der Waals surface area contributed by atoms with E-state index in [2.05, 4.69) is 16.0 Å². The smallest absolute Gasteiger partial charge is 0.416 e. The second-order valence-corrected chi connectivity index (χ2v) is 9.33. The van der Waals surface area contributed by atoms with E-state index in [1.54, 1.807) is 6.07 Å². The van der Waals surface area contributed by atoms with Gasteiger partial charge in [-0.25, -0.2) is 4.39 Å². The van der Waals surface area contributed by atoms with Crippen LogP contribution in [0, 0.1) is 5.82 Å². The van der Waals surface area contributed by atoms with Crippen LogP contribution in [-0.2, 0) is 28.7 Å². The number of alkyl halides is 3. The Kier molecular flexibility index (Phi) is 10.9. The third kappa shape index (κ3) is 9.94. The Morgan fingerprint density at radius 3 is 2.63 bits per heavy atom. The summed E-state index contributed by atoms with van der Waals surface area (Å²) in [5.74, 6) is -0.746. The predicted molar refractivity (Wildman–Crippen MR) is 133 cm³/mol. The first-order valence-corrected chi connectivity index (χ1v) is 12.6. The number of benzene rings is 2. The van der Waals surface area contributed by atoms with Gasteiger partial charge in [0.25, 0.3) is 0 Å². The van der Waals surface area contributed by atoms with E-state index < -0.39 is 29.7 Å². The van der Waals surface area contributed by atoms with Gasteiger partial charge < -0.3 is 25.8 Å². The molecule has 2 aromatic carbocycles. The lowest BCUT2D eigenvalue weighted by atomic mass is 10.00. The fraction of sp³-hybridized carbons (Fsp3) is 0.481. The maximum Gasteiger partial charge on any atom is 0.416 e. The number of carbonyl (C=O) groups is 2. The Bertz CT molecular complexity index is 1080. The van der Waals surface area contributed by atoms with Crippen LogP contribution in [0.4, 0.5) is 17.6 Å². The van der Waals surface area contributed by atoms with E-state index in [9.17, 15) is 32.3 Å². The van der Waals surface area contributed by atoms with Gasteiger partial charge in [0, 0.05) is 38.5 Å². The molecule has 0 spiro atoms. The van der Waals surface area contributed by atoms with Gasteiger partial charge in [-0.05, 0) is 55.0 Å². The highest BCUT2D eigenvalue weighted by Crippen LogP contribution is 2.29. The van der Waals surface area contributed by atoms with Gasteiger partial charge in [0.05, 0.1) is 24.3 Å². The summed E-state index contributed by atoms with van der Waals surface area (Å²) in [7, 11) is 0. The Balaban J connectivity index is 1.69. The molecule has 1 aliphatic heterocycles. The standard InChI is InChI=1S/C27H33F4N3O4/c28-21-12-19-13-22(15-21)38-10-2-1-9-33-25(36)7-4-8-26(37)34-23(14-19)24(35)17-32-16-18-5-3-6-20(11-18)27(29,30)31/h3,5-6,11-13,15,23-24,32,35H,1-2,4,7-10,14,16-17H2,(H,33,36)(H,34,37). The largest absolute Gasteiger partial charge is 0.493 e. The molecule has 0 aromatic heterocycles. The quantitative estimate of drug-likeness (QED) is 0.436. The van der Waals surface area contributed by atoms with E-state index in [0.717, 1.165) is 12.1 Å². The van der Waals surface area contributed by atoms with Crippen molar-refractivity contribution in [3.63, 3.8) is 0 Å². The molecule has 0 fully saturated rings. The minimum Gasteiger partial charge on any atom is -0.493 e. The molecule has 2 atom stereocenters. The van der Waals surface area contributed by atoms with Gasteiger partial charge in [0.1, 0.15) is 11.6 Å². The van der Waals surface area contributed by atoms with Gasteiger partial charge in [0.15, 0.2) is 0 Å². The summed E-state index contributed by atoms with van der Waals surface area (Å²) in [6.45, 7) is 0.836. The maximum atomic E-state index is 14.3. The lowest BCUT2D eigenvalue weighted by molar-refractivity contribution is -0.137. The molecule has 4 N–H and O–H groups in total. The summed E-state index contributed by atoms with van der Waals surface area (Å²) >= 11 is 0. The van der Waals surface area contributed by atoms with E-state index in [1.807, 2.05) is 0 Å². The number of aliphatic hydroxyl groups is 1. The molecule has 0 radical (unpaired) electrons. The first-order valence-electron chi connectivity index (χ1n) is 12.6. The zero-order valence-electron chi connectivity index (χ0n) is 21.0. The number of halogens is 4. The third-order valence-corrected chi connectivity index (χ3v) is 6.10. The van der Waals surface area contributed by atoms with Crippen molar-refractivity contribution in [1.29, 1.82) is 0 Å². The lowest BCUT2D eigenvalue weighted by Crippen LogP contribution is -2.48. The third-order valence-electron chi connectivity index (χ3n) is 6.10. The summed E-state index contributed by atoms with van der Waals surface area (Å²) in [4.78, 5) is 24.5. The fourth-order valence-corrected chi connectivity index (χ4v) is 4.15. The van der Waals surface area contributed by atoms with Gasteiger partial charge in [0.2, 0.25) is 11.8 Å². The molecule has 1 aliphatic rings. The first kappa shape index (κ1) is 29.4. The molecule has 2 aromatic rings. The van der Waals surface area contributed by atoms with Crippen molar-refractivity contribution in [2.24, 2.45) is 0 Å². The van der Waals surface area contributed by atoms with Crippen LogP contribution < -0.4 is 20.7 Å². The second kappa shape index (κ2) is 14.1. The Morgan fingerprint density at radius 1 is 1.05 bits per heavy atom. The van der Waals surface area contributed by atoms with Crippen LogP contribution in [0.2, 0.25) is 0 Å². The average molecular weight is 540 g/mol. The molecular weight excluding hydrogens is 506 g/mol. The summed E-state index contributed by atoms with van der Waals surface area (Å²) in [6, 6.07) is 8.22. The number of ether oxygens (including phenoxy) is 1. The number of hydrogen-bond donors (Lipinski definition) is 4. The molecule has 208 valence electrons. The van der Waals surface area contributed by atoms with E-state index in [1.165, 1.54) is 24.3 Å². The number of aliphatic hydroxyl groups excluding tert-OH is 1. The van der Waals surface area contributed by atoms with Crippen molar-refractivity contribution in [1.82, 2.24) is 16.0 Å². The van der Waals surface area contributed by atoms with E-state index >= 15 is 0 Å². The SMILES string of the molecule is O=C1CCCC(=O)NC(C(O)CNCc2cccc(C(F)(F)F)c2)Cc2cc(F)cc(c2)OCCCCN1. The molecule has 7 nitrogen and oxygen atoms in total.